The van der Waals surface area contributed by atoms with Crippen molar-refractivity contribution in [2.24, 2.45) is 13.0 Å². The lowest BCUT2D eigenvalue weighted by molar-refractivity contribution is 0.0729. The monoisotopic (exact) mass is 437 g/mol. The van der Waals surface area contributed by atoms with Crippen LogP contribution in [0, 0.1) is 5.92 Å². The van der Waals surface area contributed by atoms with Crippen molar-refractivity contribution in [3.63, 3.8) is 0 Å². The fourth-order valence-electron chi connectivity index (χ4n) is 3.68. The number of methoxy groups -OCH3 is 1. The first-order valence-corrected chi connectivity index (χ1v) is 11.3. The maximum absolute atomic E-state index is 10.5. The number of hydrogen-bond acceptors (Lipinski definition) is 5. The number of benzene rings is 2. The largest absolute Gasteiger partial charge is 0.497 e. The van der Waals surface area contributed by atoms with Crippen molar-refractivity contribution in [1.82, 2.24) is 14.7 Å². The topological polar surface area (TPSA) is 59.8 Å². The molecule has 1 atom stereocenters. The Morgan fingerprint density at radius 2 is 1.78 bits per heavy atom. The molecule has 0 aliphatic heterocycles. The smallest absolute Gasteiger partial charge is 0.222 e. The highest BCUT2D eigenvalue weighted by Crippen LogP contribution is 2.35. The van der Waals surface area contributed by atoms with Gasteiger partial charge in [0.15, 0.2) is 0 Å². The Morgan fingerprint density at radius 1 is 1.06 bits per heavy atom. The van der Waals surface area contributed by atoms with Crippen molar-refractivity contribution in [2.45, 2.75) is 39.8 Å². The van der Waals surface area contributed by atoms with Crippen LogP contribution in [0.25, 0.3) is 11.3 Å². The Hall–Kier alpha value is -2.83. The molecule has 1 N–H and O–H groups in total. The quantitative estimate of drug-likeness (QED) is 0.451. The van der Waals surface area contributed by atoms with E-state index in [2.05, 4.69) is 24.0 Å². The number of aryl methyl sites for hydroxylation is 1. The second kappa shape index (κ2) is 11.2. The highest BCUT2D eigenvalue weighted by atomic mass is 16.5. The minimum atomic E-state index is -0.388. The molecule has 2 aromatic carbocycles. The second-order valence-corrected chi connectivity index (χ2v) is 8.45. The summed E-state index contributed by atoms with van der Waals surface area (Å²) < 4.78 is 13.5. The summed E-state index contributed by atoms with van der Waals surface area (Å²) in [7, 11) is 3.54. The van der Waals surface area contributed by atoms with Crippen molar-refractivity contribution in [2.75, 3.05) is 20.2 Å². The van der Waals surface area contributed by atoms with Crippen LogP contribution in [0.5, 0.6) is 17.4 Å². The highest BCUT2D eigenvalue weighted by molar-refractivity contribution is 5.65. The van der Waals surface area contributed by atoms with Crippen LogP contribution in [0.2, 0.25) is 0 Å². The van der Waals surface area contributed by atoms with E-state index in [0.717, 1.165) is 35.5 Å². The van der Waals surface area contributed by atoms with Crippen LogP contribution in [0.1, 0.15) is 32.8 Å². The van der Waals surface area contributed by atoms with E-state index in [4.69, 9.17) is 14.6 Å². The fraction of sp³-hybridized carbons (Fsp3) is 0.423. The van der Waals surface area contributed by atoms with Crippen molar-refractivity contribution in [3.8, 4) is 28.6 Å². The molecule has 32 heavy (non-hydrogen) atoms. The minimum absolute atomic E-state index is 0.198. The molecule has 0 aliphatic carbocycles. The van der Waals surface area contributed by atoms with Gasteiger partial charge in [-0.25, -0.2) is 4.68 Å². The summed E-state index contributed by atoms with van der Waals surface area (Å²) in [5.74, 6) is 2.32. The van der Waals surface area contributed by atoms with Gasteiger partial charge in [-0.05, 0) is 31.0 Å². The number of rotatable bonds is 11. The Morgan fingerprint density at radius 3 is 2.44 bits per heavy atom. The van der Waals surface area contributed by atoms with Crippen LogP contribution in [0.15, 0.2) is 54.6 Å². The van der Waals surface area contributed by atoms with Crippen LogP contribution >= 0.6 is 0 Å². The standard InChI is InChI=1S/C26H35N3O3/c1-6-15-29(18-24(30)19(2)3)17-23-25(20-11-8-7-9-12-20)27-28(4)26(23)32-22-14-10-13-21(16-22)31-5/h7-14,16,19,24,30H,6,15,17-18H2,1-5H3. The minimum Gasteiger partial charge on any atom is -0.497 e. The van der Waals surface area contributed by atoms with Crippen LogP contribution < -0.4 is 9.47 Å². The summed E-state index contributed by atoms with van der Waals surface area (Å²) in [6.07, 6.45) is 0.610. The Kier molecular flexibility index (Phi) is 8.31. The van der Waals surface area contributed by atoms with Crippen molar-refractivity contribution >= 4 is 0 Å². The maximum atomic E-state index is 10.5. The molecule has 172 valence electrons. The normalized spacial score (nSPS) is 12.4. The van der Waals surface area contributed by atoms with Gasteiger partial charge >= 0.3 is 0 Å². The number of ether oxygens (including phenoxy) is 2. The summed E-state index contributed by atoms with van der Waals surface area (Å²) in [5.41, 5.74) is 2.94. The van der Waals surface area contributed by atoms with E-state index in [9.17, 15) is 5.11 Å². The molecular formula is C26H35N3O3. The van der Waals surface area contributed by atoms with E-state index >= 15 is 0 Å². The van der Waals surface area contributed by atoms with Gasteiger partial charge in [-0.3, -0.25) is 4.90 Å². The third-order valence-corrected chi connectivity index (χ3v) is 5.53. The highest BCUT2D eigenvalue weighted by Gasteiger charge is 2.23. The van der Waals surface area contributed by atoms with Gasteiger partial charge in [0.2, 0.25) is 5.88 Å². The van der Waals surface area contributed by atoms with Gasteiger partial charge in [-0.1, -0.05) is 57.2 Å². The number of aliphatic hydroxyl groups is 1. The number of hydrogen-bond donors (Lipinski definition) is 1. The van der Waals surface area contributed by atoms with Gasteiger partial charge in [0.05, 0.1) is 18.8 Å². The average molecular weight is 438 g/mol. The zero-order valence-electron chi connectivity index (χ0n) is 19.8. The molecule has 0 saturated carbocycles. The number of nitrogens with zero attached hydrogens (tertiary/aromatic N) is 3. The molecule has 6 nitrogen and oxygen atoms in total. The SMILES string of the molecule is CCCN(Cc1c(-c2ccccc2)nn(C)c1Oc1cccc(OC)c1)CC(O)C(C)C. The molecule has 6 heteroatoms. The number of aromatic nitrogens is 2. The Balaban J connectivity index is 2.01. The lowest BCUT2D eigenvalue weighted by Gasteiger charge is -2.26. The molecule has 0 bridgehead atoms. The third kappa shape index (κ3) is 5.90. The predicted molar refractivity (Wildman–Crippen MR) is 128 cm³/mol. The van der Waals surface area contributed by atoms with Gasteiger partial charge in [-0.15, -0.1) is 0 Å². The molecule has 1 unspecified atom stereocenters. The van der Waals surface area contributed by atoms with E-state index in [1.807, 2.05) is 63.4 Å². The van der Waals surface area contributed by atoms with E-state index in [-0.39, 0.29) is 12.0 Å². The van der Waals surface area contributed by atoms with E-state index < -0.39 is 0 Å². The first kappa shape index (κ1) is 23.8. The van der Waals surface area contributed by atoms with E-state index in [0.29, 0.717) is 24.7 Å². The zero-order valence-corrected chi connectivity index (χ0v) is 19.8. The van der Waals surface area contributed by atoms with Crippen LogP contribution in [-0.4, -0.2) is 46.1 Å². The van der Waals surface area contributed by atoms with Crippen LogP contribution in [0.4, 0.5) is 0 Å². The molecule has 0 aliphatic rings. The summed E-state index contributed by atoms with van der Waals surface area (Å²) in [6, 6.07) is 17.7. The van der Waals surface area contributed by atoms with Crippen molar-refractivity contribution in [1.29, 1.82) is 0 Å². The average Bonchev–Trinajstić information content (AvgIpc) is 3.09. The van der Waals surface area contributed by atoms with Crippen LogP contribution in [-0.2, 0) is 13.6 Å². The van der Waals surface area contributed by atoms with Gasteiger partial charge < -0.3 is 14.6 Å². The molecule has 3 rings (SSSR count). The predicted octanol–water partition coefficient (Wildman–Crippen LogP) is 5.12. The molecule has 0 saturated heterocycles. The van der Waals surface area contributed by atoms with Crippen LogP contribution in [0.3, 0.4) is 0 Å². The van der Waals surface area contributed by atoms with E-state index in [1.54, 1.807) is 11.8 Å². The van der Waals surface area contributed by atoms with Gasteiger partial charge in [0, 0.05) is 31.8 Å². The molecule has 3 aromatic rings. The van der Waals surface area contributed by atoms with Crippen molar-refractivity contribution in [3.05, 3.63) is 60.2 Å². The van der Waals surface area contributed by atoms with Gasteiger partial charge in [0.1, 0.15) is 17.2 Å². The lowest BCUT2D eigenvalue weighted by Crippen LogP contribution is -2.35. The summed E-state index contributed by atoms with van der Waals surface area (Å²) in [5, 5.41) is 15.4. The molecule has 0 amide bonds. The molecule has 0 fully saturated rings. The molecule has 1 heterocycles. The third-order valence-electron chi connectivity index (χ3n) is 5.53. The summed E-state index contributed by atoms with van der Waals surface area (Å²) in [4.78, 5) is 2.28. The number of aliphatic hydroxyl groups excluding tert-OH is 1. The molecule has 0 radical (unpaired) electrons. The zero-order chi connectivity index (χ0) is 23.1. The first-order chi connectivity index (χ1) is 15.4. The van der Waals surface area contributed by atoms with E-state index in [1.165, 1.54) is 0 Å². The maximum Gasteiger partial charge on any atom is 0.222 e. The summed E-state index contributed by atoms with van der Waals surface area (Å²) in [6.45, 7) is 8.37. The summed E-state index contributed by atoms with van der Waals surface area (Å²) >= 11 is 0. The molecular weight excluding hydrogens is 402 g/mol. The second-order valence-electron chi connectivity index (χ2n) is 8.45. The fourth-order valence-corrected chi connectivity index (χ4v) is 3.68. The Bertz CT molecular complexity index is 985. The first-order valence-electron chi connectivity index (χ1n) is 11.3. The molecule has 1 aromatic heterocycles. The molecule has 0 spiro atoms. The van der Waals surface area contributed by atoms with Crippen molar-refractivity contribution < 1.29 is 14.6 Å². The van der Waals surface area contributed by atoms with Gasteiger partial charge in [-0.2, -0.15) is 5.10 Å². The van der Waals surface area contributed by atoms with Gasteiger partial charge in [0.25, 0.3) is 0 Å². The lowest BCUT2D eigenvalue weighted by atomic mass is 10.0. The Labute approximate surface area is 191 Å².